The van der Waals surface area contributed by atoms with E-state index in [0.717, 1.165) is 11.1 Å². The molecule has 0 aliphatic rings. The molecule has 0 radical (unpaired) electrons. The van der Waals surface area contributed by atoms with Gasteiger partial charge in [-0.2, -0.15) is 0 Å². The van der Waals surface area contributed by atoms with Crippen LogP contribution in [0, 0.1) is 12.7 Å². The van der Waals surface area contributed by atoms with Gasteiger partial charge < -0.3 is 4.74 Å². The Balaban J connectivity index is 2.85. The summed E-state index contributed by atoms with van der Waals surface area (Å²) in [6, 6.07) is 4.49. The van der Waals surface area contributed by atoms with Crippen LogP contribution in [0.1, 0.15) is 24.1 Å². The number of aryl methyl sites for hydroxylation is 1. The lowest BCUT2D eigenvalue weighted by atomic mass is 10.0. The number of ether oxygens (including phenoxy) is 1. The van der Waals surface area contributed by atoms with Gasteiger partial charge >= 0.3 is 0 Å². The molecule has 0 saturated carbocycles. The molecule has 0 aliphatic heterocycles. The van der Waals surface area contributed by atoms with E-state index in [0.29, 0.717) is 13.2 Å². The quantitative estimate of drug-likeness (QED) is 0.576. The smallest absolute Gasteiger partial charge is 0.123 e. The molecule has 15 heavy (non-hydrogen) atoms. The Bertz CT molecular complexity index is 317. The molecule has 3 N–H and O–H groups in total. The molecule has 1 unspecified atom stereocenters. The monoisotopic (exact) mass is 212 g/mol. The van der Waals surface area contributed by atoms with E-state index in [-0.39, 0.29) is 11.9 Å². The minimum absolute atomic E-state index is 0.166. The van der Waals surface area contributed by atoms with Crippen molar-refractivity contribution in [3.8, 4) is 0 Å². The number of nitrogens with one attached hydrogen (secondary N) is 1. The van der Waals surface area contributed by atoms with Crippen LogP contribution in [0.25, 0.3) is 0 Å². The molecule has 1 aromatic rings. The van der Waals surface area contributed by atoms with Crippen LogP contribution < -0.4 is 11.3 Å². The Kier molecular flexibility index (Phi) is 4.68. The van der Waals surface area contributed by atoms with Crippen molar-refractivity contribution in [2.75, 3.05) is 13.2 Å². The normalized spacial score (nSPS) is 12.8. The van der Waals surface area contributed by atoms with Crippen LogP contribution in [0.4, 0.5) is 4.39 Å². The highest BCUT2D eigenvalue weighted by Crippen LogP contribution is 2.18. The van der Waals surface area contributed by atoms with Gasteiger partial charge in [-0.1, -0.05) is 6.07 Å². The molecule has 84 valence electrons. The largest absolute Gasteiger partial charge is 0.380 e. The molecule has 0 aliphatic carbocycles. The molecule has 0 bridgehead atoms. The van der Waals surface area contributed by atoms with Crippen molar-refractivity contribution in [3.05, 3.63) is 35.1 Å². The first-order chi connectivity index (χ1) is 7.19. The van der Waals surface area contributed by atoms with Crippen molar-refractivity contribution in [3.63, 3.8) is 0 Å². The zero-order chi connectivity index (χ0) is 11.3. The fraction of sp³-hybridized carbons (Fsp3) is 0.455. The van der Waals surface area contributed by atoms with E-state index >= 15 is 0 Å². The Morgan fingerprint density at radius 2 is 2.27 bits per heavy atom. The number of nitrogens with two attached hydrogens (primary N) is 1. The highest BCUT2D eigenvalue weighted by atomic mass is 19.1. The third kappa shape index (κ3) is 3.27. The van der Waals surface area contributed by atoms with E-state index in [9.17, 15) is 4.39 Å². The average Bonchev–Trinajstić information content (AvgIpc) is 2.24. The second-order valence-electron chi connectivity index (χ2n) is 3.38. The van der Waals surface area contributed by atoms with E-state index < -0.39 is 0 Å². The molecule has 4 heteroatoms. The molecule has 0 fully saturated rings. The van der Waals surface area contributed by atoms with Crippen molar-refractivity contribution in [1.29, 1.82) is 0 Å². The zero-order valence-electron chi connectivity index (χ0n) is 9.09. The van der Waals surface area contributed by atoms with Crippen molar-refractivity contribution in [2.24, 2.45) is 5.84 Å². The molecular weight excluding hydrogens is 195 g/mol. The third-order valence-electron chi connectivity index (χ3n) is 2.31. The van der Waals surface area contributed by atoms with Crippen LogP contribution in [-0.4, -0.2) is 13.2 Å². The second kappa shape index (κ2) is 5.80. The van der Waals surface area contributed by atoms with E-state index in [1.54, 1.807) is 6.07 Å². The molecule has 0 saturated heterocycles. The van der Waals surface area contributed by atoms with Crippen molar-refractivity contribution in [2.45, 2.75) is 19.9 Å². The van der Waals surface area contributed by atoms with E-state index in [4.69, 9.17) is 10.6 Å². The lowest BCUT2D eigenvalue weighted by Gasteiger charge is -2.18. The van der Waals surface area contributed by atoms with Crippen LogP contribution in [0.3, 0.4) is 0 Å². The fourth-order valence-corrected chi connectivity index (χ4v) is 1.45. The number of hydrogen-bond acceptors (Lipinski definition) is 3. The minimum Gasteiger partial charge on any atom is -0.380 e. The Hall–Kier alpha value is -0.970. The summed E-state index contributed by atoms with van der Waals surface area (Å²) < 4.78 is 18.3. The fourth-order valence-electron chi connectivity index (χ4n) is 1.45. The maximum atomic E-state index is 13.1. The first-order valence-corrected chi connectivity index (χ1v) is 4.99. The first kappa shape index (κ1) is 12.1. The Morgan fingerprint density at radius 3 is 2.87 bits per heavy atom. The maximum absolute atomic E-state index is 13.1. The zero-order valence-corrected chi connectivity index (χ0v) is 9.09. The number of halogens is 1. The van der Waals surface area contributed by atoms with Gasteiger partial charge in [0.25, 0.3) is 0 Å². The summed E-state index contributed by atoms with van der Waals surface area (Å²) in [5, 5.41) is 0. The summed E-state index contributed by atoms with van der Waals surface area (Å²) in [6.07, 6.45) is 0. The number of hydrogen-bond donors (Lipinski definition) is 2. The number of rotatable bonds is 5. The van der Waals surface area contributed by atoms with E-state index in [2.05, 4.69) is 5.43 Å². The second-order valence-corrected chi connectivity index (χ2v) is 3.38. The molecule has 3 nitrogen and oxygen atoms in total. The van der Waals surface area contributed by atoms with Gasteiger partial charge in [0.15, 0.2) is 0 Å². The SMILES string of the molecule is CCOCC(NN)c1cc(F)ccc1C. The maximum Gasteiger partial charge on any atom is 0.123 e. The predicted molar refractivity (Wildman–Crippen MR) is 57.7 cm³/mol. The molecule has 0 amide bonds. The molecule has 0 aromatic heterocycles. The summed E-state index contributed by atoms with van der Waals surface area (Å²) in [5.74, 6) is 5.15. The van der Waals surface area contributed by atoms with Crippen molar-refractivity contribution >= 4 is 0 Å². The number of benzene rings is 1. The van der Waals surface area contributed by atoms with Crippen LogP contribution in [0.5, 0.6) is 0 Å². The summed E-state index contributed by atoms with van der Waals surface area (Å²) in [7, 11) is 0. The third-order valence-corrected chi connectivity index (χ3v) is 2.31. The van der Waals surface area contributed by atoms with Crippen LogP contribution in [0.15, 0.2) is 18.2 Å². The topological polar surface area (TPSA) is 47.3 Å². The summed E-state index contributed by atoms with van der Waals surface area (Å²) in [6.45, 7) is 4.89. The van der Waals surface area contributed by atoms with E-state index in [1.165, 1.54) is 12.1 Å². The van der Waals surface area contributed by atoms with Crippen LogP contribution in [-0.2, 0) is 4.74 Å². The number of hydrazine groups is 1. The standard InChI is InChI=1S/C11H17FN2O/c1-3-15-7-11(14-13)10-6-9(12)5-4-8(10)2/h4-6,11,14H,3,7,13H2,1-2H3. The van der Waals surface area contributed by atoms with Gasteiger partial charge in [0.2, 0.25) is 0 Å². The Morgan fingerprint density at radius 1 is 1.53 bits per heavy atom. The van der Waals surface area contributed by atoms with Gasteiger partial charge in [0, 0.05) is 6.61 Å². The average molecular weight is 212 g/mol. The summed E-state index contributed by atoms with van der Waals surface area (Å²) in [5.41, 5.74) is 4.47. The molecule has 1 atom stereocenters. The van der Waals surface area contributed by atoms with Crippen LogP contribution in [0.2, 0.25) is 0 Å². The van der Waals surface area contributed by atoms with Crippen molar-refractivity contribution in [1.82, 2.24) is 5.43 Å². The lowest BCUT2D eigenvalue weighted by Crippen LogP contribution is -2.32. The molecule has 0 heterocycles. The molecule has 0 spiro atoms. The van der Waals surface area contributed by atoms with Crippen LogP contribution >= 0.6 is 0 Å². The molecule has 1 aromatic carbocycles. The van der Waals surface area contributed by atoms with Gasteiger partial charge in [-0.3, -0.25) is 11.3 Å². The van der Waals surface area contributed by atoms with Crippen molar-refractivity contribution < 1.29 is 9.13 Å². The van der Waals surface area contributed by atoms with Gasteiger partial charge in [-0.05, 0) is 37.1 Å². The summed E-state index contributed by atoms with van der Waals surface area (Å²) >= 11 is 0. The van der Waals surface area contributed by atoms with Gasteiger partial charge in [0.1, 0.15) is 5.82 Å². The first-order valence-electron chi connectivity index (χ1n) is 4.99. The van der Waals surface area contributed by atoms with Gasteiger partial charge in [-0.25, -0.2) is 4.39 Å². The summed E-state index contributed by atoms with van der Waals surface area (Å²) in [4.78, 5) is 0. The molecule has 1 rings (SSSR count). The molecular formula is C11H17FN2O. The van der Waals surface area contributed by atoms with Gasteiger partial charge in [0.05, 0.1) is 12.6 Å². The lowest BCUT2D eigenvalue weighted by molar-refractivity contribution is 0.123. The predicted octanol–water partition coefficient (Wildman–Crippen LogP) is 1.68. The Labute approximate surface area is 89.4 Å². The highest BCUT2D eigenvalue weighted by molar-refractivity contribution is 5.29. The van der Waals surface area contributed by atoms with Gasteiger partial charge in [-0.15, -0.1) is 0 Å². The van der Waals surface area contributed by atoms with E-state index in [1.807, 2.05) is 13.8 Å². The highest BCUT2D eigenvalue weighted by Gasteiger charge is 2.12. The minimum atomic E-state index is -0.257.